The smallest absolute Gasteiger partial charge is 0.237 e. The number of carbonyl (C=O) groups excluding carboxylic acids is 1. The topological polar surface area (TPSA) is 64.3 Å². The number of nitrogens with two attached hydrogens (primary N) is 1. The van der Waals surface area contributed by atoms with E-state index in [2.05, 4.69) is 11.9 Å². The van der Waals surface area contributed by atoms with E-state index >= 15 is 0 Å². The van der Waals surface area contributed by atoms with E-state index in [0.717, 1.165) is 12.0 Å². The van der Waals surface area contributed by atoms with E-state index < -0.39 is 6.04 Å². The Labute approximate surface area is 98.2 Å². The van der Waals surface area contributed by atoms with Crippen LogP contribution in [0.15, 0.2) is 12.2 Å². The Morgan fingerprint density at radius 2 is 2.19 bits per heavy atom. The summed E-state index contributed by atoms with van der Waals surface area (Å²) in [5, 5.41) is 2.75. The highest BCUT2D eigenvalue weighted by molar-refractivity contribution is 5.81. The second-order valence-corrected chi connectivity index (χ2v) is 4.21. The molecular weight excluding hydrogens is 204 g/mol. The van der Waals surface area contributed by atoms with Gasteiger partial charge in [-0.3, -0.25) is 4.79 Å². The number of hydrogen-bond donors (Lipinski definition) is 2. The summed E-state index contributed by atoms with van der Waals surface area (Å²) in [6.45, 7) is 11.1. The standard InChI is InChI=1S/C12H24N2O2/c1-5-10(4)11(13)12(15)14-6-7-16-8-9(2)3/h10-11H,2,5-8,13H2,1,3-4H3,(H,14,15)/t10-,11-/m0/s1. The van der Waals surface area contributed by atoms with Gasteiger partial charge in [-0.25, -0.2) is 0 Å². The van der Waals surface area contributed by atoms with Crippen LogP contribution >= 0.6 is 0 Å². The van der Waals surface area contributed by atoms with Gasteiger partial charge in [-0.05, 0) is 12.8 Å². The van der Waals surface area contributed by atoms with Crippen molar-refractivity contribution in [1.29, 1.82) is 0 Å². The normalized spacial score (nSPS) is 14.2. The quantitative estimate of drug-likeness (QED) is 0.482. The van der Waals surface area contributed by atoms with Crippen LogP contribution in [0.25, 0.3) is 0 Å². The molecule has 0 spiro atoms. The lowest BCUT2D eigenvalue weighted by Gasteiger charge is -2.17. The Kier molecular flexibility index (Phi) is 7.85. The molecule has 0 radical (unpaired) electrons. The van der Waals surface area contributed by atoms with Crippen LogP contribution in [0.3, 0.4) is 0 Å². The minimum Gasteiger partial charge on any atom is -0.375 e. The predicted molar refractivity (Wildman–Crippen MR) is 66.1 cm³/mol. The van der Waals surface area contributed by atoms with Crippen LogP contribution in [0.1, 0.15) is 27.2 Å². The summed E-state index contributed by atoms with van der Waals surface area (Å²) in [6.07, 6.45) is 0.904. The summed E-state index contributed by atoms with van der Waals surface area (Å²) in [7, 11) is 0. The molecule has 4 nitrogen and oxygen atoms in total. The highest BCUT2D eigenvalue weighted by Gasteiger charge is 2.18. The number of rotatable bonds is 8. The third-order valence-corrected chi connectivity index (χ3v) is 2.45. The summed E-state index contributed by atoms with van der Waals surface area (Å²) in [5.74, 6) is 0.101. The molecule has 0 saturated heterocycles. The maximum absolute atomic E-state index is 11.5. The Bertz CT molecular complexity index is 229. The maximum atomic E-state index is 11.5. The first-order chi connectivity index (χ1) is 7.49. The average molecular weight is 228 g/mol. The third-order valence-electron chi connectivity index (χ3n) is 2.45. The molecule has 1 amide bonds. The van der Waals surface area contributed by atoms with Crippen LogP contribution < -0.4 is 11.1 Å². The van der Waals surface area contributed by atoms with Gasteiger partial charge in [0.05, 0.1) is 19.3 Å². The molecule has 0 aliphatic carbocycles. The second kappa shape index (κ2) is 8.30. The molecule has 0 aromatic rings. The summed E-state index contributed by atoms with van der Waals surface area (Å²) in [6, 6.07) is -0.425. The highest BCUT2D eigenvalue weighted by Crippen LogP contribution is 2.04. The van der Waals surface area contributed by atoms with Gasteiger partial charge in [-0.2, -0.15) is 0 Å². The molecule has 0 aliphatic rings. The third kappa shape index (κ3) is 6.58. The van der Waals surface area contributed by atoms with E-state index in [-0.39, 0.29) is 11.8 Å². The number of hydrogen-bond acceptors (Lipinski definition) is 3. The summed E-state index contributed by atoms with van der Waals surface area (Å²) in [4.78, 5) is 11.5. The van der Waals surface area contributed by atoms with Crippen LogP contribution in [0.2, 0.25) is 0 Å². The fourth-order valence-electron chi connectivity index (χ4n) is 1.12. The first kappa shape index (κ1) is 15.1. The van der Waals surface area contributed by atoms with Crippen LogP contribution in [-0.2, 0) is 9.53 Å². The van der Waals surface area contributed by atoms with Gasteiger partial charge in [-0.15, -0.1) is 0 Å². The molecule has 0 aromatic heterocycles. The largest absolute Gasteiger partial charge is 0.375 e. The van der Waals surface area contributed by atoms with Gasteiger partial charge < -0.3 is 15.8 Å². The van der Waals surface area contributed by atoms with Crippen molar-refractivity contribution in [3.8, 4) is 0 Å². The van der Waals surface area contributed by atoms with Crippen molar-refractivity contribution in [2.75, 3.05) is 19.8 Å². The molecule has 0 aromatic carbocycles. The molecule has 3 N–H and O–H groups in total. The zero-order valence-corrected chi connectivity index (χ0v) is 10.6. The van der Waals surface area contributed by atoms with E-state index in [0.29, 0.717) is 19.8 Å². The fourth-order valence-corrected chi connectivity index (χ4v) is 1.12. The first-order valence-corrected chi connectivity index (χ1v) is 5.74. The Morgan fingerprint density at radius 3 is 2.69 bits per heavy atom. The van der Waals surface area contributed by atoms with Crippen molar-refractivity contribution in [3.63, 3.8) is 0 Å². The predicted octanol–water partition coefficient (Wildman–Crippen LogP) is 1.07. The summed E-state index contributed by atoms with van der Waals surface area (Å²) in [5.41, 5.74) is 6.74. The van der Waals surface area contributed by atoms with Gasteiger partial charge in [0.15, 0.2) is 0 Å². The van der Waals surface area contributed by atoms with Gasteiger partial charge in [-0.1, -0.05) is 32.4 Å². The van der Waals surface area contributed by atoms with Crippen molar-refractivity contribution in [3.05, 3.63) is 12.2 Å². The molecule has 4 heteroatoms. The molecule has 0 fully saturated rings. The number of ether oxygens (including phenoxy) is 1. The van der Waals surface area contributed by atoms with Crippen molar-refractivity contribution in [1.82, 2.24) is 5.32 Å². The van der Waals surface area contributed by atoms with E-state index in [1.807, 2.05) is 20.8 Å². The van der Waals surface area contributed by atoms with Gasteiger partial charge in [0, 0.05) is 6.54 Å². The average Bonchev–Trinajstić information content (AvgIpc) is 2.25. The van der Waals surface area contributed by atoms with Gasteiger partial charge in [0.1, 0.15) is 0 Å². The number of nitrogens with one attached hydrogen (secondary N) is 1. The van der Waals surface area contributed by atoms with Crippen LogP contribution in [-0.4, -0.2) is 31.7 Å². The highest BCUT2D eigenvalue weighted by atomic mass is 16.5. The van der Waals surface area contributed by atoms with E-state index in [1.165, 1.54) is 0 Å². The van der Waals surface area contributed by atoms with E-state index in [1.54, 1.807) is 0 Å². The van der Waals surface area contributed by atoms with Crippen LogP contribution in [0, 0.1) is 5.92 Å². The molecule has 2 atom stereocenters. The molecular formula is C12H24N2O2. The van der Waals surface area contributed by atoms with E-state index in [9.17, 15) is 4.79 Å². The molecule has 0 aliphatic heterocycles. The maximum Gasteiger partial charge on any atom is 0.237 e. The number of carbonyl (C=O) groups is 1. The van der Waals surface area contributed by atoms with Crippen molar-refractivity contribution in [2.24, 2.45) is 11.7 Å². The lowest BCUT2D eigenvalue weighted by atomic mass is 9.99. The Morgan fingerprint density at radius 1 is 1.56 bits per heavy atom. The molecule has 0 bridgehead atoms. The monoisotopic (exact) mass is 228 g/mol. The summed E-state index contributed by atoms with van der Waals surface area (Å²) < 4.78 is 5.26. The first-order valence-electron chi connectivity index (χ1n) is 5.74. The van der Waals surface area contributed by atoms with Gasteiger partial charge >= 0.3 is 0 Å². The Hall–Kier alpha value is -0.870. The second-order valence-electron chi connectivity index (χ2n) is 4.21. The van der Waals surface area contributed by atoms with Crippen LogP contribution in [0.4, 0.5) is 0 Å². The van der Waals surface area contributed by atoms with Gasteiger partial charge in [0.2, 0.25) is 5.91 Å². The molecule has 16 heavy (non-hydrogen) atoms. The lowest BCUT2D eigenvalue weighted by Crippen LogP contribution is -2.45. The van der Waals surface area contributed by atoms with Crippen molar-refractivity contribution >= 4 is 5.91 Å². The molecule has 94 valence electrons. The molecule has 0 saturated carbocycles. The molecule has 0 unspecified atom stereocenters. The van der Waals surface area contributed by atoms with E-state index in [4.69, 9.17) is 10.5 Å². The minimum atomic E-state index is -0.425. The SMILES string of the molecule is C=C(C)COCCNC(=O)[C@@H](N)[C@@H](C)CC. The van der Waals surface area contributed by atoms with Crippen LogP contribution in [0.5, 0.6) is 0 Å². The molecule has 0 heterocycles. The fraction of sp³-hybridized carbons (Fsp3) is 0.750. The Balaban J connectivity index is 3.61. The zero-order chi connectivity index (χ0) is 12.6. The lowest BCUT2D eigenvalue weighted by molar-refractivity contribution is -0.123. The van der Waals surface area contributed by atoms with Crippen molar-refractivity contribution in [2.45, 2.75) is 33.2 Å². The molecule has 0 rings (SSSR count). The summed E-state index contributed by atoms with van der Waals surface area (Å²) >= 11 is 0. The van der Waals surface area contributed by atoms with Crippen molar-refractivity contribution < 1.29 is 9.53 Å². The minimum absolute atomic E-state index is 0.103. The number of amides is 1. The van der Waals surface area contributed by atoms with Gasteiger partial charge in [0.25, 0.3) is 0 Å². The zero-order valence-electron chi connectivity index (χ0n) is 10.6.